The summed E-state index contributed by atoms with van der Waals surface area (Å²) in [7, 11) is 0. The minimum absolute atomic E-state index is 0.125. The Hall–Kier alpha value is -2.37. The minimum atomic E-state index is -0.782. The molecule has 164 valence electrons. The summed E-state index contributed by atoms with van der Waals surface area (Å²) in [5, 5.41) is 12.8. The maximum atomic E-state index is 12.4. The molecular formula is C25H29ClN2O3. The van der Waals surface area contributed by atoms with Gasteiger partial charge in [0.25, 0.3) is 0 Å². The van der Waals surface area contributed by atoms with Crippen molar-refractivity contribution in [3.63, 3.8) is 0 Å². The number of benzene rings is 2. The highest BCUT2D eigenvalue weighted by Crippen LogP contribution is 2.38. The minimum Gasteiger partial charge on any atom is -0.374 e. The lowest BCUT2D eigenvalue weighted by Gasteiger charge is -2.42. The molecule has 2 N–H and O–H groups in total. The molecule has 2 aliphatic rings. The van der Waals surface area contributed by atoms with Crippen LogP contribution < -0.4 is 5.32 Å². The molecule has 6 heteroatoms. The number of carbonyl (C=O) groups excluding carboxylic acids is 2. The maximum Gasteiger partial charge on any atom is 0.229 e. The third-order valence-corrected chi connectivity index (χ3v) is 7.00. The van der Waals surface area contributed by atoms with Crippen LogP contribution in [0.5, 0.6) is 0 Å². The van der Waals surface area contributed by atoms with Gasteiger partial charge in [-0.3, -0.25) is 9.59 Å². The van der Waals surface area contributed by atoms with Crippen molar-refractivity contribution in [1.82, 2.24) is 10.2 Å². The third kappa shape index (κ3) is 4.48. The van der Waals surface area contributed by atoms with E-state index in [4.69, 9.17) is 11.6 Å². The van der Waals surface area contributed by atoms with Gasteiger partial charge in [-0.15, -0.1) is 0 Å². The lowest BCUT2D eigenvalue weighted by molar-refractivity contribution is -0.141. The van der Waals surface area contributed by atoms with E-state index in [9.17, 15) is 14.7 Å². The van der Waals surface area contributed by atoms with Gasteiger partial charge in [-0.1, -0.05) is 54.1 Å². The summed E-state index contributed by atoms with van der Waals surface area (Å²) < 4.78 is 0. The van der Waals surface area contributed by atoms with Gasteiger partial charge < -0.3 is 15.3 Å². The summed E-state index contributed by atoms with van der Waals surface area (Å²) in [5.41, 5.74) is 3.59. The van der Waals surface area contributed by atoms with Crippen molar-refractivity contribution < 1.29 is 14.7 Å². The Bertz CT molecular complexity index is 987. The Labute approximate surface area is 188 Å². The van der Waals surface area contributed by atoms with Gasteiger partial charge in [-0.05, 0) is 56.2 Å². The van der Waals surface area contributed by atoms with E-state index < -0.39 is 6.23 Å². The molecule has 0 aromatic heterocycles. The molecule has 2 atom stereocenters. The van der Waals surface area contributed by atoms with Crippen molar-refractivity contribution in [2.24, 2.45) is 0 Å². The van der Waals surface area contributed by atoms with Gasteiger partial charge >= 0.3 is 0 Å². The van der Waals surface area contributed by atoms with E-state index in [2.05, 4.69) is 19.2 Å². The number of carbonyl (C=O) groups is 2. The highest BCUT2D eigenvalue weighted by molar-refractivity contribution is 6.34. The zero-order valence-electron chi connectivity index (χ0n) is 18.0. The van der Waals surface area contributed by atoms with Gasteiger partial charge in [-0.25, -0.2) is 0 Å². The molecule has 0 spiro atoms. The summed E-state index contributed by atoms with van der Waals surface area (Å²) in [5.74, 6) is -0.337. The van der Waals surface area contributed by atoms with Gasteiger partial charge in [0.1, 0.15) is 6.23 Å². The molecule has 2 fully saturated rings. The summed E-state index contributed by atoms with van der Waals surface area (Å²) in [6.07, 6.45) is 2.89. The Balaban J connectivity index is 1.56. The smallest absolute Gasteiger partial charge is 0.229 e. The highest BCUT2D eigenvalue weighted by atomic mass is 35.5. The van der Waals surface area contributed by atoms with E-state index in [1.165, 1.54) is 0 Å². The first kappa shape index (κ1) is 21.8. The number of aliphatic hydroxyl groups excluding tert-OH is 1. The number of aliphatic hydroxyl groups is 1. The number of amides is 2. The molecule has 2 aliphatic heterocycles. The number of piperidine rings is 2. The molecule has 0 bridgehead atoms. The maximum absolute atomic E-state index is 12.4. The van der Waals surface area contributed by atoms with Crippen LogP contribution in [0.4, 0.5) is 0 Å². The van der Waals surface area contributed by atoms with Crippen molar-refractivity contribution in [3.8, 4) is 11.1 Å². The first-order valence-corrected chi connectivity index (χ1v) is 11.3. The first-order valence-electron chi connectivity index (χ1n) is 10.9. The monoisotopic (exact) mass is 440 g/mol. The zero-order chi connectivity index (χ0) is 22.2. The summed E-state index contributed by atoms with van der Waals surface area (Å²) in [6.45, 7) is 4.86. The van der Waals surface area contributed by atoms with E-state index in [1.807, 2.05) is 47.4 Å². The van der Waals surface area contributed by atoms with Crippen LogP contribution in [0.15, 0.2) is 42.5 Å². The van der Waals surface area contributed by atoms with E-state index in [0.29, 0.717) is 30.8 Å². The molecule has 2 amide bonds. The highest BCUT2D eigenvalue weighted by Gasteiger charge is 2.34. The topological polar surface area (TPSA) is 69.6 Å². The average molecular weight is 441 g/mol. The second-order valence-electron chi connectivity index (χ2n) is 9.21. The second kappa shape index (κ2) is 8.64. The van der Waals surface area contributed by atoms with E-state index >= 15 is 0 Å². The third-order valence-electron chi connectivity index (χ3n) is 6.57. The molecule has 0 radical (unpaired) electrons. The molecule has 5 nitrogen and oxygen atoms in total. The molecule has 2 heterocycles. The zero-order valence-corrected chi connectivity index (χ0v) is 18.8. The van der Waals surface area contributed by atoms with Crippen molar-refractivity contribution in [1.29, 1.82) is 0 Å². The van der Waals surface area contributed by atoms with E-state index in [-0.39, 0.29) is 23.3 Å². The fourth-order valence-electron chi connectivity index (χ4n) is 4.69. The number of nitrogens with zero attached hydrogens (tertiary/aromatic N) is 1. The van der Waals surface area contributed by atoms with Crippen LogP contribution in [0.1, 0.15) is 63.0 Å². The van der Waals surface area contributed by atoms with Crippen LogP contribution in [-0.2, 0) is 16.1 Å². The molecule has 4 rings (SSSR count). The van der Waals surface area contributed by atoms with Gasteiger partial charge in [0.2, 0.25) is 11.8 Å². The van der Waals surface area contributed by atoms with Crippen LogP contribution in [-0.4, -0.2) is 33.6 Å². The molecule has 2 aromatic carbocycles. The second-order valence-corrected chi connectivity index (χ2v) is 9.58. The molecular weight excluding hydrogens is 412 g/mol. The predicted octanol–water partition coefficient (Wildman–Crippen LogP) is 4.61. The molecule has 0 saturated carbocycles. The van der Waals surface area contributed by atoms with Crippen LogP contribution >= 0.6 is 11.6 Å². The largest absolute Gasteiger partial charge is 0.374 e. The van der Waals surface area contributed by atoms with Gasteiger partial charge in [0.15, 0.2) is 0 Å². The van der Waals surface area contributed by atoms with Crippen LogP contribution in [0.25, 0.3) is 11.1 Å². The number of likely N-dealkylation sites (tertiary alicyclic amines) is 1. The van der Waals surface area contributed by atoms with Crippen molar-refractivity contribution in [2.45, 2.75) is 70.2 Å². The van der Waals surface area contributed by atoms with Crippen LogP contribution in [0.3, 0.4) is 0 Å². The summed E-state index contributed by atoms with van der Waals surface area (Å²) in [6, 6.07) is 13.9. The summed E-state index contributed by atoms with van der Waals surface area (Å²) >= 11 is 6.73. The fourth-order valence-corrected chi connectivity index (χ4v) is 5.05. The normalized spacial score (nSPS) is 23.5. The van der Waals surface area contributed by atoms with Crippen LogP contribution in [0.2, 0.25) is 5.02 Å². The van der Waals surface area contributed by atoms with Gasteiger partial charge in [-0.2, -0.15) is 0 Å². The molecule has 31 heavy (non-hydrogen) atoms. The molecule has 2 aromatic rings. The summed E-state index contributed by atoms with van der Waals surface area (Å²) in [4.78, 5) is 26.8. The SMILES string of the molecule is CC1(C)CCCC(=O)N1Cc1ccc(-c2cccc(C3CCC(O)NC3=O)c2Cl)cc1. The Morgan fingerprint density at radius 3 is 2.55 bits per heavy atom. The molecule has 2 unspecified atom stereocenters. The van der Waals surface area contributed by atoms with Crippen molar-refractivity contribution >= 4 is 23.4 Å². The quantitative estimate of drug-likeness (QED) is 0.729. The Kier molecular flexibility index (Phi) is 6.09. The average Bonchev–Trinajstić information content (AvgIpc) is 2.72. The lowest BCUT2D eigenvalue weighted by atomic mass is 9.88. The van der Waals surface area contributed by atoms with Gasteiger partial charge in [0, 0.05) is 24.1 Å². The number of hydrogen-bond acceptors (Lipinski definition) is 3. The Morgan fingerprint density at radius 1 is 1.13 bits per heavy atom. The first-order chi connectivity index (χ1) is 14.8. The number of rotatable bonds is 4. The van der Waals surface area contributed by atoms with E-state index in [0.717, 1.165) is 35.1 Å². The molecule has 2 saturated heterocycles. The van der Waals surface area contributed by atoms with Gasteiger partial charge in [0.05, 0.1) is 10.9 Å². The fraction of sp³-hybridized carbons (Fsp3) is 0.440. The van der Waals surface area contributed by atoms with E-state index in [1.54, 1.807) is 0 Å². The predicted molar refractivity (Wildman–Crippen MR) is 121 cm³/mol. The number of hydrogen-bond donors (Lipinski definition) is 2. The number of nitrogens with one attached hydrogen (secondary N) is 1. The Morgan fingerprint density at radius 2 is 1.87 bits per heavy atom. The van der Waals surface area contributed by atoms with Crippen molar-refractivity contribution in [2.75, 3.05) is 0 Å². The lowest BCUT2D eigenvalue weighted by Crippen LogP contribution is -2.50. The van der Waals surface area contributed by atoms with Crippen molar-refractivity contribution in [3.05, 3.63) is 58.6 Å². The molecule has 0 aliphatic carbocycles. The van der Waals surface area contributed by atoms with Crippen LogP contribution in [0, 0.1) is 0 Å². The number of halogens is 1. The standard InChI is InChI=1S/C25H29ClN2O3/c1-25(2)14-4-7-22(30)28(25)15-16-8-10-17(11-9-16)18-5-3-6-19(23(18)26)20-12-13-21(29)27-24(20)31/h3,5-6,8-11,20-21,29H,4,7,12-15H2,1-2H3,(H,27,31).